The predicted molar refractivity (Wildman–Crippen MR) is 77.9 cm³/mol. The third-order valence-electron chi connectivity index (χ3n) is 3.84. The second-order valence-electron chi connectivity index (χ2n) is 5.35. The zero-order chi connectivity index (χ0) is 15.7. The van der Waals surface area contributed by atoms with E-state index in [0.29, 0.717) is 13.0 Å². The number of hydrogen-bond donors (Lipinski definition) is 2. The zero-order valence-electron chi connectivity index (χ0n) is 12.4. The molecule has 0 bridgehead atoms. The van der Waals surface area contributed by atoms with Crippen LogP contribution in [0.25, 0.3) is 0 Å². The van der Waals surface area contributed by atoms with Crippen LogP contribution in [-0.2, 0) is 14.8 Å². The van der Waals surface area contributed by atoms with Crippen LogP contribution in [0.4, 0.5) is 0 Å². The van der Waals surface area contributed by atoms with E-state index in [4.69, 9.17) is 9.47 Å². The van der Waals surface area contributed by atoms with Crippen molar-refractivity contribution >= 4 is 10.0 Å². The molecule has 1 aliphatic heterocycles. The van der Waals surface area contributed by atoms with Gasteiger partial charge in [-0.15, -0.1) is 0 Å². The first-order chi connectivity index (χ1) is 9.78. The summed E-state index contributed by atoms with van der Waals surface area (Å²) in [5.74, 6) is 0.274. The Morgan fingerprint density at radius 2 is 2.24 bits per heavy atom. The number of methoxy groups -OCH3 is 1. The average Bonchev–Trinajstić information content (AvgIpc) is 2.77. The van der Waals surface area contributed by atoms with E-state index < -0.39 is 21.7 Å². The average molecular weight is 315 g/mol. The van der Waals surface area contributed by atoms with Crippen molar-refractivity contribution in [3.05, 3.63) is 23.8 Å². The lowest BCUT2D eigenvalue weighted by Crippen LogP contribution is -2.47. The highest BCUT2D eigenvalue weighted by molar-refractivity contribution is 7.89. The fourth-order valence-corrected chi connectivity index (χ4v) is 3.65. The second kappa shape index (κ2) is 5.92. The van der Waals surface area contributed by atoms with Crippen LogP contribution >= 0.6 is 0 Å². The second-order valence-corrected chi connectivity index (χ2v) is 7.08. The summed E-state index contributed by atoms with van der Waals surface area (Å²) in [6.45, 7) is 3.87. The molecule has 2 unspecified atom stereocenters. The molecular weight excluding hydrogens is 294 g/mol. The summed E-state index contributed by atoms with van der Waals surface area (Å²) < 4.78 is 37.7. The molecule has 7 heteroatoms. The Bertz CT molecular complexity index is 616. The summed E-state index contributed by atoms with van der Waals surface area (Å²) in [6.07, 6.45) is 0.00126. The molecule has 0 aromatic heterocycles. The minimum atomic E-state index is -3.77. The van der Waals surface area contributed by atoms with Crippen molar-refractivity contribution in [2.24, 2.45) is 0 Å². The van der Waals surface area contributed by atoms with Gasteiger partial charge in [0.15, 0.2) is 0 Å². The van der Waals surface area contributed by atoms with Crippen LogP contribution in [0.15, 0.2) is 23.1 Å². The lowest BCUT2D eigenvalue weighted by molar-refractivity contribution is -0.0228. The van der Waals surface area contributed by atoms with Gasteiger partial charge in [0.05, 0.1) is 13.2 Å². The standard InChI is InChI=1S/C14H21NO5S/c1-10-4-5-12(19-3)13(8-10)21(17,18)15-9-14(16)6-7-20-11(14)2/h4-5,8,11,15-16H,6-7,9H2,1-3H3. The molecule has 1 fully saturated rings. The number of ether oxygens (including phenoxy) is 2. The van der Waals surface area contributed by atoms with Crippen LogP contribution < -0.4 is 9.46 Å². The van der Waals surface area contributed by atoms with Gasteiger partial charge in [-0.05, 0) is 31.5 Å². The van der Waals surface area contributed by atoms with Crippen molar-refractivity contribution in [2.45, 2.75) is 36.9 Å². The molecule has 118 valence electrons. The molecule has 1 heterocycles. The first kappa shape index (κ1) is 16.2. The number of rotatable bonds is 5. The van der Waals surface area contributed by atoms with Gasteiger partial charge in [-0.2, -0.15) is 0 Å². The molecule has 0 radical (unpaired) electrons. The topological polar surface area (TPSA) is 84.9 Å². The van der Waals surface area contributed by atoms with E-state index in [1.165, 1.54) is 7.11 Å². The summed E-state index contributed by atoms with van der Waals surface area (Å²) in [6, 6.07) is 4.93. The van der Waals surface area contributed by atoms with E-state index in [1.54, 1.807) is 32.0 Å². The van der Waals surface area contributed by atoms with Gasteiger partial charge in [-0.1, -0.05) is 6.07 Å². The quantitative estimate of drug-likeness (QED) is 0.840. The molecule has 0 spiro atoms. The molecule has 0 aliphatic carbocycles. The van der Waals surface area contributed by atoms with Crippen LogP contribution in [-0.4, -0.2) is 45.5 Å². The van der Waals surface area contributed by atoms with Crippen LogP contribution in [0.1, 0.15) is 18.9 Å². The highest BCUT2D eigenvalue weighted by Crippen LogP contribution is 2.27. The monoisotopic (exact) mass is 315 g/mol. The van der Waals surface area contributed by atoms with Crippen molar-refractivity contribution in [3.8, 4) is 5.75 Å². The lowest BCUT2D eigenvalue weighted by atomic mass is 9.97. The molecule has 1 saturated heterocycles. The highest BCUT2D eigenvalue weighted by Gasteiger charge is 2.40. The number of nitrogens with one attached hydrogen (secondary N) is 1. The van der Waals surface area contributed by atoms with Crippen molar-refractivity contribution in [3.63, 3.8) is 0 Å². The minimum Gasteiger partial charge on any atom is -0.495 e. The molecule has 0 saturated carbocycles. The van der Waals surface area contributed by atoms with Gasteiger partial charge >= 0.3 is 0 Å². The number of sulfonamides is 1. The summed E-state index contributed by atoms with van der Waals surface area (Å²) in [7, 11) is -2.34. The van der Waals surface area contributed by atoms with Gasteiger partial charge < -0.3 is 14.6 Å². The Labute approximate surface area is 125 Å². The summed E-state index contributed by atoms with van der Waals surface area (Å²) in [5, 5.41) is 10.4. The lowest BCUT2D eigenvalue weighted by Gasteiger charge is -2.26. The molecule has 21 heavy (non-hydrogen) atoms. The van der Waals surface area contributed by atoms with E-state index in [1.807, 2.05) is 0 Å². The van der Waals surface area contributed by atoms with Gasteiger partial charge in [-0.3, -0.25) is 0 Å². The molecular formula is C14H21NO5S. The van der Waals surface area contributed by atoms with Crippen molar-refractivity contribution in [1.29, 1.82) is 0 Å². The summed E-state index contributed by atoms with van der Waals surface area (Å²) in [4.78, 5) is 0.0696. The predicted octanol–water partition coefficient (Wildman–Crippen LogP) is 0.822. The molecule has 2 rings (SSSR count). The Hall–Kier alpha value is -1.15. The van der Waals surface area contributed by atoms with E-state index >= 15 is 0 Å². The highest BCUT2D eigenvalue weighted by atomic mass is 32.2. The maximum absolute atomic E-state index is 12.4. The summed E-state index contributed by atoms with van der Waals surface area (Å²) in [5.41, 5.74) is -0.364. The third-order valence-corrected chi connectivity index (χ3v) is 5.26. The molecule has 1 aromatic rings. The number of aryl methyl sites for hydroxylation is 1. The first-order valence-electron chi connectivity index (χ1n) is 6.77. The van der Waals surface area contributed by atoms with Gasteiger partial charge in [0.2, 0.25) is 10.0 Å². The van der Waals surface area contributed by atoms with Gasteiger partial charge in [0.25, 0.3) is 0 Å². The van der Waals surface area contributed by atoms with Crippen LogP contribution in [0.3, 0.4) is 0 Å². The van der Waals surface area contributed by atoms with E-state index in [0.717, 1.165) is 5.56 Å². The third kappa shape index (κ3) is 3.37. The smallest absolute Gasteiger partial charge is 0.244 e. The number of benzene rings is 1. The van der Waals surface area contributed by atoms with Gasteiger partial charge in [-0.25, -0.2) is 13.1 Å². The van der Waals surface area contributed by atoms with Crippen LogP contribution in [0.2, 0.25) is 0 Å². The van der Waals surface area contributed by atoms with Gasteiger partial charge in [0, 0.05) is 19.6 Å². The molecule has 6 nitrogen and oxygen atoms in total. The van der Waals surface area contributed by atoms with Crippen molar-refractivity contribution < 1.29 is 23.0 Å². The summed E-state index contributed by atoms with van der Waals surface area (Å²) >= 11 is 0. The molecule has 1 aliphatic rings. The molecule has 1 aromatic carbocycles. The number of aliphatic hydroxyl groups is 1. The molecule has 0 amide bonds. The molecule has 2 atom stereocenters. The first-order valence-corrected chi connectivity index (χ1v) is 8.25. The molecule has 2 N–H and O–H groups in total. The maximum atomic E-state index is 12.4. The minimum absolute atomic E-state index is 0.0696. The fraction of sp³-hybridized carbons (Fsp3) is 0.571. The van der Waals surface area contributed by atoms with Gasteiger partial charge in [0.1, 0.15) is 16.2 Å². The number of hydrogen-bond acceptors (Lipinski definition) is 5. The Morgan fingerprint density at radius 1 is 1.52 bits per heavy atom. The maximum Gasteiger partial charge on any atom is 0.244 e. The normalized spacial score (nSPS) is 26.0. The fourth-order valence-electron chi connectivity index (χ4n) is 2.29. The Balaban J connectivity index is 2.21. The van der Waals surface area contributed by atoms with E-state index in [-0.39, 0.29) is 17.2 Å². The van der Waals surface area contributed by atoms with E-state index in [9.17, 15) is 13.5 Å². The van der Waals surface area contributed by atoms with Crippen molar-refractivity contribution in [1.82, 2.24) is 4.72 Å². The van der Waals surface area contributed by atoms with E-state index in [2.05, 4.69) is 4.72 Å². The Morgan fingerprint density at radius 3 is 2.81 bits per heavy atom. The zero-order valence-corrected chi connectivity index (χ0v) is 13.2. The van der Waals surface area contributed by atoms with Crippen LogP contribution in [0.5, 0.6) is 5.75 Å². The largest absolute Gasteiger partial charge is 0.495 e. The van der Waals surface area contributed by atoms with Crippen LogP contribution in [0, 0.1) is 6.92 Å². The Kier molecular flexibility index (Phi) is 4.57. The SMILES string of the molecule is COc1ccc(C)cc1S(=O)(=O)NCC1(O)CCOC1C. The van der Waals surface area contributed by atoms with Crippen molar-refractivity contribution in [2.75, 3.05) is 20.3 Å².